The number of methoxy groups -OCH3 is 1. The van der Waals surface area contributed by atoms with Crippen LogP contribution in [-0.2, 0) is 6.42 Å². The standard InChI is InChI=1S/C15H15BrO2/c1-17-14-6-2-4-12(10-14)8-9-18-15-7-3-5-13(16)11-15/h2-7,10-11H,8-9H2,1H3. The van der Waals surface area contributed by atoms with Crippen molar-refractivity contribution in [1.82, 2.24) is 0 Å². The van der Waals surface area contributed by atoms with Crippen molar-refractivity contribution >= 4 is 15.9 Å². The predicted octanol–water partition coefficient (Wildman–Crippen LogP) is 4.08. The molecule has 0 aliphatic heterocycles. The number of rotatable bonds is 5. The van der Waals surface area contributed by atoms with Crippen molar-refractivity contribution < 1.29 is 9.47 Å². The Morgan fingerprint density at radius 2 is 1.78 bits per heavy atom. The maximum Gasteiger partial charge on any atom is 0.120 e. The minimum absolute atomic E-state index is 0.656. The van der Waals surface area contributed by atoms with Crippen LogP contribution in [0.4, 0.5) is 0 Å². The average Bonchev–Trinajstić information content (AvgIpc) is 2.39. The number of halogens is 1. The van der Waals surface area contributed by atoms with E-state index in [0.29, 0.717) is 6.61 Å². The molecule has 0 saturated heterocycles. The molecule has 0 heterocycles. The van der Waals surface area contributed by atoms with E-state index in [1.807, 2.05) is 42.5 Å². The third kappa shape index (κ3) is 3.77. The maximum absolute atomic E-state index is 5.69. The van der Waals surface area contributed by atoms with E-state index < -0.39 is 0 Å². The number of benzene rings is 2. The summed E-state index contributed by atoms with van der Waals surface area (Å²) in [5.74, 6) is 1.77. The normalized spacial score (nSPS) is 10.1. The van der Waals surface area contributed by atoms with Gasteiger partial charge in [0.15, 0.2) is 0 Å². The van der Waals surface area contributed by atoms with Gasteiger partial charge in [-0.15, -0.1) is 0 Å². The molecule has 0 amide bonds. The van der Waals surface area contributed by atoms with Crippen LogP contribution >= 0.6 is 15.9 Å². The van der Waals surface area contributed by atoms with Crippen molar-refractivity contribution in [3.05, 3.63) is 58.6 Å². The lowest BCUT2D eigenvalue weighted by Gasteiger charge is -2.07. The number of hydrogen-bond donors (Lipinski definition) is 0. The molecule has 18 heavy (non-hydrogen) atoms. The van der Waals surface area contributed by atoms with Gasteiger partial charge < -0.3 is 9.47 Å². The quantitative estimate of drug-likeness (QED) is 0.828. The second-order valence-electron chi connectivity index (χ2n) is 3.91. The topological polar surface area (TPSA) is 18.5 Å². The van der Waals surface area contributed by atoms with Gasteiger partial charge in [-0.3, -0.25) is 0 Å². The fourth-order valence-electron chi connectivity index (χ4n) is 1.67. The Hall–Kier alpha value is -1.48. The maximum atomic E-state index is 5.69. The molecule has 0 unspecified atom stereocenters. The Morgan fingerprint density at radius 1 is 1.00 bits per heavy atom. The zero-order valence-electron chi connectivity index (χ0n) is 10.2. The van der Waals surface area contributed by atoms with Gasteiger partial charge in [0.25, 0.3) is 0 Å². The molecule has 0 fully saturated rings. The molecule has 94 valence electrons. The lowest BCUT2D eigenvalue weighted by atomic mass is 10.1. The van der Waals surface area contributed by atoms with Crippen molar-refractivity contribution in [3.63, 3.8) is 0 Å². The highest BCUT2D eigenvalue weighted by molar-refractivity contribution is 9.10. The zero-order valence-corrected chi connectivity index (χ0v) is 11.8. The molecule has 0 saturated carbocycles. The van der Waals surface area contributed by atoms with Gasteiger partial charge in [-0.05, 0) is 35.9 Å². The first-order valence-corrected chi connectivity index (χ1v) is 6.58. The van der Waals surface area contributed by atoms with Crippen LogP contribution in [0, 0.1) is 0 Å². The first-order chi connectivity index (χ1) is 8.78. The van der Waals surface area contributed by atoms with Crippen LogP contribution in [0.5, 0.6) is 11.5 Å². The molecule has 2 nitrogen and oxygen atoms in total. The van der Waals surface area contributed by atoms with Crippen molar-refractivity contribution in [3.8, 4) is 11.5 Å². The van der Waals surface area contributed by atoms with E-state index in [1.165, 1.54) is 5.56 Å². The highest BCUT2D eigenvalue weighted by atomic mass is 79.9. The summed E-state index contributed by atoms with van der Waals surface area (Å²) in [5.41, 5.74) is 1.21. The van der Waals surface area contributed by atoms with Crippen molar-refractivity contribution in [1.29, 1.82) is 0 Å². The molecule has 2 aromatic carbocycles. The summed E-state index contributed by atoms with van der Waals surface area (Å²) in [5, 5.41) is 0. The Bertz CT molecular complexity index is 511. The van der Waals surface area contributed by atoms with Crippen LogP contribution in [0.1, 0.15) is 5.56 Å². The Kier molecular flexibility index (Phi) is 4.65. The highest BCUT2D eigenvalue weighted by Crippen LogP contribution is 2.18. The number of hydrogen-bond acceptors (Lipinski definition) is 2. The minimum Gasteiger partial charge on any atom is -0.497 e. The summed E-state index contributed by atoms with van der Waals surface area (Å²) in [7, 11) is 1.68. The molecule has 0 atom stereocenters. The largest absolute Gasteiger partial charge is 0.497 e. The fourth-order valence-corrected chi connectivity index (χ4v) is 2.05. The van der Waals surface area contributed by atoms with Gasteiger partial charge in [-0.2, -0.15) is 0 Å². The zero-order chi connectivity index (χ0) is 12.8. The fraction of sp³-hybridized carbons (Fsp3) is 0.200. The first-order valence-electron chi connectivity index (χ1n) is 5.79. The predicted molar refractivity (Wildman–Crippen MR) is 76.3 cm³/mol. The van der Waals surface area contributed by atoms with Gasteiger partial charge in [0.1, 0.15) is 11.5 Å². The molecule has 0 bridgehead atoms. The molecule has 0 N–H and O–H groups in total. The lowest BCUT2D eigenvalue weighted by molar-refractivity contribution is 0.321. The van der Waals surface area contributed by atoms with Crippen LogP contribution in [0.25, 0.3) is 0 Å². The van der Waals surface area contributed by atoms with Gasteiger partial charge >= 0.3 is 0 Å². The van der Waals surface area contributed by atoms with Gasteiger partial charge in [0.05, 0.1) is 13.7 Å². The Labute approximate surface area is 116 Å². The molecule has 0 spiro atoms. The monoisotopic (exact) mass is 306 g/mol. The van der Waals surface area contributed by atoms with Crippen molar-refractivity contribution in [2.75, 3.05) is 13.7 Å². The third-order valence-electron chi connectivity index (χ3n) is 2.59. The first kappa shape index (κ1) is 13.0. The summed E-state index contributed by atoms with van der Waals surface area (Å²) < 4.78 is 11.9. The van der Waals surface area contributed by atoms with Crippen molar-refractivity contribution in [2.45, 2.75) is 6.42 Å². The molecule has 0 radical (unpaired) electrons. The third-order valence-corrected chi connectivity index (χ3v) is 3.08. The van der Waals surface area contributed by atoms with E-state index in [9.17, 15) is 0 Å². The smallest absolute Gasteiger partial charge is 0.120 e. The van der Waals surface area contributed by atoms with E-state index in [1.54, 1.807) is 7.11 Å². The minimum atomic E-state index is 0.656. The van der Waals surface area contributed by atoms with Gasteiger partial charge in [0.2, 0.25) is 0 Å². The Balaban J connectivity index is 1.88. The van der Waals surface area contributed by atoms with Crippen molar-refractivity contribution in [2.24, 2.45) is 0 Å². The summed E-state index contributed by atoms with van der Waals surface area (Å²) in [4.78, 5) is 0. The average molecular weight is 307 g/mol. The van der Waals surface area contributed by atoms with E-state index in [4.69, 9.17) is 9.47 Å². The van der Waals surface area contributed by atoms with Gasteiger partial charge in [-0.1, -0.05) is 34.1 Å². The molecular weight excluding hydrogens is 292 g/mol. The van der Waals surface area contributed by atoms with Crippen LogP contribution in [0.2, 0.25) is 0 Å². The molecule has 3 heteroatoms. The summed E-state index contributed by atoms with van der Waals surface area (Å²) in [6.07, 6.45) is 0.865. The second-order valence-corrected chi connectivity index (χ2v) is 4.82. The SMILES string of the molecule is COc1cccc(CCOc2cccc(Br)c2)c1. The van der Waals surface area contributed by atoms with Gasteiger partial charge in [0, 0.05) is 10.9 Å². The van der Waals surface area contributed by atoms with Crippen LogP contribution in [0.3, 0.4) is 0 Å². The lowest BCUT2D eigenvalue weighted by Crippen LogP contribution is -2.01. The summed E-state index contributed by atoms with van der Waals surface area (Å²) in [6.45, 7) is 0.656. The Morgan fingerprint density at radius 3 is 2.56 bits per heavy atom. The molecule has 2 aromatic rings. The molecule has 2 rings (SSSR count). The molecular formula is C15H15BrO2. The van der Waals surface area contributed by atoms with E-state index in [-0.39, 0.29) is 0 Å². The molecule has 0 aliphatic rings. The molecule has 0 aromatic heterocycles. The second kappa shape index (κ2) is 6.45. The van der Waals surface area contributed by atoms with Crippen LogP contribution in [-0.4, -0.2) is 13.7 Å². The van der Waals surface area contributed by atoms with Gasteiger partial charge in [-0.25, -0.2) is 0 Å². The van der Waals surface area contributed by atoms with E-state index in [0.717, 1.165) is 22.4 Å². The summed E-state index contributed by atoms with van der Waals surface area (Å²) in [6, 6.07) is 15.9. The number of ether oxygens (including phenoxy) is 2. The van der Waals surface area contributed by atoms with E-state index in [2.05, 4.69) is 22.0 Å². The highest BCUT2D eigenvalue weighted by Gasteiger charge is 1.98. The summed E-state index contributed by atoms with van der Waals surface area (Å²) >= 11 is 3.42. The molecule has 0 aliphatic carbocycles. The van der Waals surface area contributed by atoms with Crippen LogP contribution < -0.4 is 9.47 Å². The van der Waals surface area contributed by atoms with E-state index >= 15 is 0 Å². The van der Waals surface area contributed by atoms with Crippen LogP contribution in [0.15, 0.2) is 53.0 Å².